The molecule has 0 radical (unpaired) electrons. The molecule has 0 saturated carbocycles. The van der Waals surface area contributed by atoms with Crippen LogP contribution < -0.4 is 5.32 Å². The van der Waals surface area contributed by atoms with E-state index in [2.05, 4.69) is 10.3 Å². The first-order valence-electron chi connectivity index (χ1n) is 4.40. The monoisotopic (exact) mass is 232 g/mol. The van der Waals surface area contributed by atoms with E-state index in [1.54, 1.807) is 6.07 Å². The van der Waals surface area contributed by atoms with Crippen LogP contribution in [0.3, 0.4) is 0 Å². The summed E-state index contributed by atoms with van der Waals surface area (Å²) in [6.07, 6.45) is 0. The second-order valence-electron chi connectivity index (χ2n) is 3.09. The minimum absolute atomic E-state index is 0.124. The van der Waals surface area contributed by atoms with Crippen molar-refractivity contribution in [2.24, 2.45) is 0 Å². The summed E-state index contributed by atoms with van der Waals surface area (Å²) in [5.74, 6) is 0. The van der Waals surface area contributed by atoms with Gasteiger partial charge in [0.15, 0.2) is 0 Å². The van der Waals surface area contributed by atoms with Gasteiger partial charge in [-0.2, -0.15) is 0 Å². The molecule has 1 fully saturated rings. The quantitative estimate of drug-likeness (QED) is 0.754. The highest BCUT2D eigenvalue weighted by atomic mass is 35.5. The maximum atomic E-state index is 5.82. The van der Waals surface area contributed by atoms with Crippen molar-refractivity contribution >= 4 is 23.2 Å². The van der Waals surface area contributed by atoms with Gasteiger partial charge in [0.2, 0.25) is 0 Å². The Morgan fingerprint density at radius 3 is 2.93 bits per heavy atom. The van der Waals surface area contributed by atoms with Crippen LogP contribution in [0.4, 0.5) is 0 Å². The number of nitrogens with zero attached hydrogens (tertiary/aromatic N) is 1. The third kappa shape index (κ3) is 2.17. The number of morpholine rings is 1. The summed E-state index contributed by atoms with van der Waals surface area (Å²) < 4.78 is 5.33. The van der Waals surface area contributed by atoms with Gasteiger partial charge in [-0.1, -0.05) is 23.2 Å². The highest BCUT2D eigenvalue weighted by Crippen LogP contribution is 2.22. The van der Waals surface area contributed by atoms with Gasteiger partial charge in [-0.05, 0) is 12.1 Å². The van der Waals surface area contributed by atoms with Crippen molar-refractivity contribution in [2.75, 3.05) is 19.8 Å². The predicted octanol–water partition coefficient (Wildman–Crippen LogP) is 2.05. The molecule has 0 aromatic carbocycles. The number of halogens is 2. The fourth-order valence-corrected chi connectivity index (χ4v) is 1.65. The molecule has 0 spiro atoms. The second-order valence-corrected chi connectivity index (χ2v) is 3.86. The molecule has 1 atom stereocenters. The summed E-state index contributed by atoms with van der Waals surface area (Å²) in [5.41, 5.74) is 0.874. The van der Waals surface area contributed by atoms with Crippen molar-refractivity contribution < 1.29 is 4.74 Å². The molecule has 0 unspecified atom stereocenters. The number of pyridine rings is 1. The van der Waals surface area contributed by atoms with E-state index >= 15 is 0 Å². The molecule has 2 rings (SSSR count). The van der Waals surface area contributed by atoms with Crippen molar-refractivity contribution in [3.8, 4) is 0 Å². The molecule has 14 heavy (non-hydrogen) atoms. The molecule has 5 heteroatoms. The molecule has 1 aromatic heterocycles. The minimum atomic E-state index is 0.124. The standard InChI is InChI=1S/C9H10Cl2N2O/c10-6-1-2-7(13-9(6)11)8-5-14-4-3-12-8/h1-2,8,12H,3-5H2/t8-/m1/s1. The fraction of sp³-hybridized carbons (Fsp3) is 0.444. The molecule has 1 N–H and O–H groups in total. The molecular weight excluding hydrogens is 223 g/mol. The largest absolute Gasteiger partial charge is 0.378 e. The Hall–Kier alpha value is -0.350. The third-order valence-electron chi connectivity index (χ3n) is 2.10. The summed E-state index contributed by atoms with van der Waals surface area (Å²) in [4.78, 5) is 4.19. The molecule has 1 saturated heterocycles. The molecule has 0 amide bonds. The van der Waals surface area contributed by atoms with Crippen LogP contribution in [0.25, 0.3) is 0 Å². The van der Waals surface area contributed by atoms with E-state index < -0.39 is 0 Å². The van der Waals surface area contributed by atoms with E-state index in [1.165, 1.54) is 0 Å². The van der Waals surface area contributed by atoms with Crippen molar-refractivity contribution in [1.29, 1.82) is 0 Å². The van der Waals surface area contributed by atoms with Gasteiger partial charge < -0.3 is 10.1 Å². The number of hydrogen-bond acceptors (Lipinski definition) is 3. The Morgan fingerprint density at radius 1 is 1.43 bits per heavy atom. The maximum Gasteiger partial charge on any atom is 0.147 e. The highest BCUT2D eigenvalue weighted by molar-refractivity contribution is 6.41. The van der Waals surface area contributed by atoms with E-state index in [9.17, 15) is 0 Å². The van der Waals surface area contributed by atoms with Crippen LogP contribution in [0.1, 0.15) is 11.7 Å². The average Bonchev–Trinajstić information content (AvgIpc) is 2.23. The van der Waals surface area contributed by atoms with Crippen LogP contribution in [0.2, 0.25) is 10.2 Å². The van der Waals surface area contributed by atoms with Crippen LogP contribution in [0, 0.1) is 0 Å². The normalized spacial score (nSPS) is 22.3. The van der Waals surface area contributed by atoms with Crippen LogP contribution >= 0.6 is 23.2 Å². The van der Waals surface area contributed by atoms with Gasteiger partial charge in [-0.25, -0.2) is 4.98 Å². The predicted molar refractivity (Wildman–Crippen MR) is 55.8 cm³/mol. The number of ether oxygens (including phenoxy) is 1. The zero-order chi connectivity index (χ0) is 9.97. The molecule has 1 aliphatic heterocycles. The van der Waals surface area contributed by atoms with Gasteiger partial charge in [0.25, 0.3) is 0 Å². The molecule has 0 aliphatic carbocycles. The number of aromatic nitrogens is 1. The van der Waals surface area contributed by atoms with Crippen molar-refractivity contribution in [3.05, 3.63) is 28.0 Å². The average molecular weight is 233 g/mol. The Labute approximate surface area is 92.4 Å². The molecular formula is C9H10Cl2N2O. The molecule has 1 aliphatic rings. The van der Waals surface area contributed by atoms with E-state index in [4.69, 9.17) is 27.9 Å². The number of rotatable bonds is 1. The molecule has 1 aromatic rings. The maximum absolute atomic E-state index is 5.82. The first kappa shape index (κ1) is 10.2. The van der Waals surface area contributed by atoms with Crippen LogP contribution in [0.5, 0.6) is 0 Å². The van der Waals surface area contributed by atoms with Crippen molar-refractivity contribution in [1.82, 2.24) is 10.3 Å². The van der Waals surface area contributed by atoms with E-state index in [1.807, 2.05) is 6.07 Å². The van der Waals surface area contributed by atoms with Gasteiger partial charge in [0, 0.05) is 6.54 Å². The van der Waals surface area contributed by atoms with Gasteiger partial charge in [-0.3, -0.25) is 0 Å². The van der Waals surface area contributed by atoms with Gasteiger partial charge >= 0.3 is 0 Å². The van der Waals surface area contributed by atoms with Crippen molar-refractivity contribution in [3.63, 3.8) is 0 Å². The molecule has 3 nitrogen and oxygen atoms in total. The third-order valence-corrected chi connectivity index (χ3v) is 2.79. The van der Waals surface area contributed by atoms with E-state index in [0.717, 1.165) is 18.8 Å². The highest BCUT2D eigenvalue weighted by Gasteiger charge is 2.17. The zero-order valence-electron chi connectivity index (χ0n) is 7.46. The Kier molecular flexibility index (Phi) is 3.23. The minimum Gasteiger partial charge on any atom is -0.378 e. The lowest BCUT2D eigenvalue weighted by Crippen LogP contribution is -2.35. The van der Waals surface area contributed by atoms with Gasteiger partial charge in [0.05, 0.1) is 30.0 Å². The topological polar surface area (TPSA) is 34.1 Å². The van der Waals surface area contributed by atoms with Crippen LogP contribution in [-0.2, 0) is 4.74 Å². The Morgan fingerprint density at radius 2 is 2.29 bits per heavy atom. The van der Waals surface area contributed by atoms with Crippen LogP contribution in [0.15, 0.2) is 12.1 Å². The first-order valence-corrected chi connectivity index (χ1v) is 5.16. The smallest absolute Gasteiger partial charge is 0.147 e. The first-order chi connectivity index (χ1) is 6.77. The van der Waals surface area contributed by atoms with Gasteiger partial charge in [0.1, 0.15) is 5.15 Å². The molecule has 2 heterocycles. The lowest BCUT2D eigenvalue weighted by Gasteiger charge is -2.23. The van der Waals surface area contributed by atoms with E-state index in [-0.39, 0.29) is 6.04 Å². The van der Waals surface area contributed by atoms with Crippen molar-refractivity contribution in [2.45, 2.75) is 6.04 Å². The molecule has 76 valence electrons. The van der Waals surface area contributed by atoms with E-state index in [0.29, 0.717) is 16.8 Å². The summed E-state index contributed by atoms with van der Waals surface area (Å²) in [5, 5.41) is 4.12. The summed E-state index contributed by atoms with van der Waals surface area (Å²) >= 11 is 11.6. The van der Waals surface area contributed by atoms with Gasteiger partial charge in [-0.15, -0.1) is 0 Å². The fourth-order valence-electron chi connectivity index (χ4n) is 1.38. The Bertz CT molecular complexity index is 327. The zero-order valence-corrected chi connectivity index (χ0v) is 8.98. The number of hydrogen-bond donors (Lipinski definition) is 1. The van der Waals surface area contributed by atoms with Crippen LogP contribution in [-0.4, -0.2) is 24.7 Å². The lowest BCUT2D eigenvalue weighted by molar-refractivity contribution is 0.0756. The summed E-state index contributed by atoms with van der Waals surface area (Å²) in [6, 6.07) is 3.74. The second kappa shape index (κ2) is 4.45. The lowest BCUT2D eigenvalue weighted by atomic mass is 10.2. The molecule has 0 bridgehead atoms. The summed E-state index contributed by atoms with van der Waals surface area (Å²) in [6.45, 7) is 2.22. The summed E-state index contributed by atoms with van der Waals surface area (Å²) in [7, 11) is 0. The number of nitrogens with one attached hydrogen (secondary N) is 1. The SMILES string of the molecule is Clc1ccc([C@H]2COCCN2)nc1Cl. The Balaban J connectivity index is 2.18.